The molecule has 1 aliphatic heterocycles. The largest absolute Gasteiger partial charge is 0.380 e. The fourth-order valence-electron chi connectivity index (χ4n) is 2.81. The summed E-state index contributed by atoms with van der Waals surface area (Å²) in [5.74, 6) is 0.123. The zero-order valence-corrected chi connectivity index (χ0v) is 16.7. The molecule has 0 aliphatic carbocycles. The zero-order valence-electron chi connectivity index (χ0n) is 15.1. The van der Waals surface area contributed by atoms with E-state index in [-0.39, 0.29) is 11.8 Å². The van der Waals surface area contributed by atoms with E-state index < -0.39 is 0 Å². The van der Waals surface area contributed by atoms with Gasteiger partial charge in [-0.3, -0.25) is 4.79 Å². The van der Waals surface area contributed by atoms with E-state index in [4.69, 9.17) is 21.3 Å². The predicted molar refractivity (Wildman–Crippen MR) is 106 cm³/mol. The van der Waals surface area contributed by atoms with Crippen LogP contribution < -0.4 is 10.2 Å². The molecule has 0 saturated carbocycles. The van der Waals surface area contributed by atoms with Crippen LogP contribution in [0.3, 0.4) is 0 Å². The number of rotatable bonds is 5. The number of carbonyl (C=O) groups excluding carboxylic acids is 1. The maximum atomic E-state index is 12.8. The number of thiazole rings is 1. The van der Waals surface area contributed by atoms with Gasteiger partial charge < -0.3 is 15.0 Å². The highest BCUT2D eigenvalue weighted by Crippen LogP contribution is 2.31. The van der Waals surface area contributed by atoms with Crippen LogP contribution >= 0.6 is 22.9 Å². The number of hydrogen-bond donors (Lipinski definition) is 1. The number of ether oxygens (including phenoxy) is 1. The summed E-state index contributed by atoms with van der Waals surface area (Å²) in [5, 5.41) is 4.61. The third-order valence-corrected chi connectivity index (χ3v) is 5.64. The lowest BCUT2D eigenvalue weighted by molar-refractivity contribution is 0.0953. The first kappa shape index (κ1) is 19.1. The minimum atomic E-state index is -0.0709. The van der Waals surface area contributed by atoms with Crippen LogP contribution in [-0.4, -0.2) is 37.2 Å². The van der Waals surface area contributed by atoms with Crippen LogP contribution in [0.5, 0.6) is 0 Å². The van der Waals surface area contributed by atoms with Crippen molar-refractivity contribution in [1.29, 1.82) is 0 Å². The topological polar surface area (TPSA) is 54.5 Å². The summed E-state index contributed by atoms with van der Waals surface area (Å²) in [4.78, 5) is 20.5. The van der Waals surface area contributed by atoms with Gasteiger partial charge in [-0.2, -0.15) is 0 Å². The van der Waals surface area contributed by atoms with Gasteiger partial charge in [0.25, 0.3) is 5.91 Å². The highest BCUT2D eigenvalue weighted by molar-refractivity contribution is 7.17. The summed E-state index contributed by atoms with van der Waals surface area (Å²) in [5.41, 5.74) is 1.88. The Balaban J connectivity index is 1.74. The van der Waals surface area contributed by atoms with Gasteiger partial charge in [-0.1, -0.05) is 48.9 Å². The molecule has 0 radical (unpaired) electrons. The van der Waals surface area contributed by atoms with Gasteiger partial charge in [0.15, 0.2) is 5.13 Å². The number of hydrogen-bond acceptors (Lipinski definition) is 5. The number of aromatic nitrogens is 1. The summed E-state index contributed by atoms with van der Waals surface area (Å²) in [6, 6.07) is 7.49. The summed E-state index contributed by atoms with van der Waals surface area (Å²) in [6.07, 6.45) is 0.981. The van der Waals surface area contributed by atoms with Gasteiger partial charge in [0.05, 0.1) is 12.3 Å². The number of benzene rings is 1. The molecule has 1 fully saturated rings. The minimum Gasteiger partial charge on any atom is -0.380 e. The van der Waals surface area contributed by atoms with Crippen molar-refractivity contribution < 1.29 is 9.53 Å². The number of nitrogens with zero attached hydrogens (tertiary/aromatic N) is 2. The van der Waals surface area contributed by atoms with Crippen molar-refractivity contribution in [3.05, 3.63) is 45.4 Å². The van der Waals surface area contributed by atoms with E-state index in [9.17, 15) is 4.79 Å². The third-order valence-electron chi connectivity index (χ3n) is 4.25. The van der Waals surface area contributed by atoms with Crippen LogP contribution in [0.15, 0.2) is 24.3 Å². The molecule has 2 heterocycles. The Morgan fingerprint density at radius 2 is 2.08 bits per heavy atom. The van der Waals surface area contributed by atoms with E-state index in [2.05, 4.69) is 24.1 Å². The molecule has 0 unspecified atom stereocenters. The molecular weight excluding hydrogens is 370 g/mol. The summed E-state index contributed by atoms with van der Waals surface area (Å²) < 4.78 is 5.52. The van der Waals surface area contributed by atoms with Gasteiger partial charge in [0, 0.05) is 31.3 Å². The standard InChI is InChI=1S/C19H24ClN3O2S/c1-13(2)16-17(18(24)21-12-14-4-6-15(20)7-5-14)26-19(22-16)23-8-3-10-25-11-9-23/h4-7,13H,3,8-12H2,1-2H3,(H,21,24). The number of halogens is 1. The van der Waals surface area contributed by atoms with Gasteiger partial charge in [0.1, 0.15) is 4.88 Å². The smallest absolute Gasteiger partial charge is 0.263 e. The Labute approximate surface area is 163 Å². The van der Waals surface area contributed by atoms with Crippen LogP contribution in [0.25, 0.3) is 0 Å². The van der Waals surface area contributed by atoms with Gasteiger partial charge in [0.2, 0.25) is 0 Å². The summed E-state index contributed by atoms with van der Waals surface area (Å²) >= 11 is 7.38. The predicted octanol–water partition coefficient (Wildman–Crippen LogP) is 4.08. The van der Waals surface area contributed by atoms with Gasteiger partial charge in [-0.15, -0.1) is 0 Å². The van der Waals surface area contributed by atoms with Gasteiger partial charge in [-0.05, 0) is 30.0 Å². The maximum Gasteiger partial charge on any atom is 0.263 e. The van der Waals surface area contributed by atoms with E-state index in [1.807, 2.05) is 24.3 Å². The van der Waals surface area contributed by atoms with Crippen molar-refractivity contribution in [2.75, 3.05) is 31.2 Å². The molecular formula is C19H24ClN3O2S. The fourth-order valence-corrected chi connectivity index (χ4v) is 4.13. The van der Waals surface area contributed by atoms with Gasteiger partial charge in [-0.25, -0.2) is 4.98 Å². The average Bonchev–Trinajstić information content (AvgIpc) is 2.90. The number of anilines is 1. The first-order valence-corrected chi connectivity index (χ1v) is 10.1. The summed E-state index contributed by atoms with van der Waals surface area (Å²) in [6.45, 7) is 7.83. The van der Waals surface area contributed by atoms with Gasteiger partial charge >= 0.3 is 0 Å². The molecule has 1 aromatic carbocycles. The average molecular weight is 394 g/mol. The van der Waals surface area contributed by atoms with Crippen molar-refractivity contribution in [1.82, 2.24) is 10.3 Å². The van der Waals surface area contributed by atoms with Crippen molar-refractivity contribution >= 4 is 34.0 Å². The zero-order chi connectivity index (χ0) is 18.5. The Kier molecular flexibility index (Phi) is 6.51. The molecule has 140 valence electrons. The summed E-state index contributed by atoms with van der Waals surface area (Å²) in [7, 11) is 0. The fraction of sp³-hybridized carbons (Fsp3) is 0.474. The molecule has 26 heavy (non-hydrogen) atoms. The molecule has 0 bridgehead atoms. The molecule has 0 spiro atoms. The first-order valence-electron chi connectivity index (χ1n) is 8.90. The minimum absolute atomic E-state index is 0.0709. The molecule has 5 nitrogen and oxygen atoms in total. The van der Waals surface area contributed by atoms with Crippen molar-refractivity contribution in [2.45, 2.75) is 32.7 Å². The van der Waals surface area contributed by atoms with E-state index >= 15 is 0 Å². The molecule has 1 aliphatic rings. The Morgan fingerprint density at radius 1 is 1.31 bits per heavy atom. The molecule has 7 heteroatoms. The SMILES string of the molecule is CC(C)c1nc(N2CCCOCC2)sc1C(=O)NCc1ccc(Cl)cc1. The molecule has 3 rings (SSSR count). The Morgan fingerprint density at radius 3 is 2.81 bits per heavy atom. The molecule has 1 aromatic heterocycles. The highest BCUT2D eigenvalue weighted by Gasteiger charge is 2.23. The monoisotopic (exact) mass is 393 g/mol. The second kappa shape index (κ2) is 8.84. The van der Waals surface area contributed by atoms with E-state index in [1.165, 1.54) is 11.3 Å². The van der Waals surface area contributed by atoms with E-state index in [0.717, 1.165) is 42.5 Å². The Hall–Kier alpha value is -1.63. The number of nitrogens with one attached hydrogen (secondary N) is 1. The number of amides is 1. The molecule has 1 N–H and O–H groups in total. The van der Waals surface area contributed by atoms with Crippen molar-refractivity contribution in [2.24, 2.45) is 0 Å². The van der Waals surface area contributed by atoms with E-state index in [1.54, 1.807) is 0 Å². The third kappa shape index (κ3) is 4.75. The lowest BCUT2D eigenvalue weighted by Gasteiger charge is -2.17. The maximum absolute atomic E-state index is 12.8. The molecule has 1 saturated heterocycles. The highest BCUT2D eigenvalue weighted by atomic mass is 35.5. The second-order valence-corrected chi connectivity index (χ2v) is 8.04. The van der Waals surface area contributed by atoms with Crippen LogP contribution in [0, 0.1) is 0 Å². The van der Waals surface area contributed by atoms with Crippen LogP contribution in [0.1, 0.15) is 47.1 Å². The molecule has 1 amide bonds. The van der Waals surface area contributed by atoms with E-state index in [0.29, 0.717) is 23.1 Å². The quantitative estimate of drug-likeness (QED) is 0.831. The van der Waals surface area contributed by atoms with Crippen LogP contribution in [-0.2, 0) is 11.3 Å². The Bertz CT molecular complexity index is 738. The first-order chi connectivity index (χ1) is 12.5. The molecule has 0 atom stereocenters. The lowest BCUT2D eigenvalue weighted by atomic mass is 10.1. The van der Waals surface area contributed by atoms with Crippen LogP contribution in [0.4, 0.5) is 5.13 Å². The lowest BCUT2D eigenvalue weighted by Crippen LogP contribution is -2.25. The van der Waals surface area contributed by atoms with Crippen molar-refractivity contribution in [3.8, 4) is 0 Å². The van der Waals surface area contributed by atoms with Crippen molar-refractivity contribution in [3.63, 3.8) is 0 Å². The normalized spacial score (nSPS) is 15.2. The number of carbonyl (C=O) groups is 1. The molecule has 2 aromatic rings. The van der Waals surface area contributed by atoms with Crippen LogP contribution in [0.2, 0.25) is 5.02 Å². The second-order valence-electron chi connectivity index (χ2n) is 6.63.